The predicted octanol–water partition coefficient (Wildman–Crippen LogP) is 4.01. The standard InChI is InChI=1S/C24H20FN5O4/c25-17-4-1-14(2-5-17)22-28-29-23(34-22)15-7-9-30(10-8-15)24(31)19-12-18(26-27-19)16-3-6-20-21(11-16)33-13-32-20/h1-6,11-12,15H,7-10,13H2,(H,26,27). The van der Waals surface area contributed by atoms with Gasteiger partial charge in [-0.15, -0.1) is 10.2 Å². The molecular formula is C24H20FN5O4. The zero-order valence-corrected chi connectivity index (χ0v) is 18.0. The summed E-state index contributed by atoms with van der Waals surface area (Å²) >= 11 is 0. The molecule has 172 valence electrons. The summed E-state index contributed by atoms with van der Waals surface area (Å²) in [5.74, 6) is 1.91. The molecule has 0 radical (unpaired) electrons. The molecule has 2 aliphatic rings. The molecule has 9 nitrogen and oxygen atoms in total. The zero-order chi connectivity index (χ0) is 23.1. The molecule has 1 amide bonds. The number of hydrogen-bond donors (Lipinski definition) is 1. The number of ether oxygens (including phenoxy) is 2. The van der Waals surface area contributed by atoms with E-state index >= 15 is 0 Å². The molecule has 0 atom stereocenters. The molecule has 1 saturated heterocycles. The fourth-order valence-corrected chi connectivity index (χ4v) is 4.24. The second-order valence-corrected chi connectivity index (χ2v) is 8.25. The number of nitrogens with one attached hydrogen (secondary N) is 1. The summed E-state index contributed by atoms with van der Waals surface area (Å²) in [6, 6.07) is 13.2. The maximum absolute atomic E-state index is 13.1. The van der Waals surface area contributed by atoms with E-state index in [0.717, 1.165) is 5.56 Å². The number of hydrogen-bond acceptors (Lipinski definition) is 7. The molecule has 1 fully saturated rings. The van der Waals surface area contributed by atoms with Crippen molar-refractivity contribution in [1.29, 1.82) is 0 Å². The molecule has 0 bridgehead atoms. The van der Waals surface area contributed by atoms with Gasteiger partial charge in [-0.2, -0.15) is 5.10 Å². The van der Waals surface area contributed by atoms with Crippen molar-refractivity contribution in [2.75, 3.05) is 19.9 Å². The van der Waals surface area contributed by atoms with Gasteiger partial charge in [-0.3, -0.25) is 9.89 Å². The average molecular weight is 461 g/mol. The van der Waals surface area contributed by atoms with Crippen LogP contribution in [0.1, 0.15) is 35.1 Å². The maximum atomic E-state index is 13.1. The summed E-state index contributed by atoms with van der Waals surface area (Å²) in [4.78, 5) is 14.8. The summed E-state index contributed by atoms with van der Waals surface area (Å²) in [5.41, 5.74) is 2.61. The number of aromatic amines is 1. The molecule has 6 rings (SSSR count). The van der Waals surface area contributed by atoms with Crippen LogP contribution >= 0.6 is 0 Å². The van der Waals surface area contributed by atoms with Crippen molar-refractivity contribution >= 4 is 5.91 Å². The Hall–Kier alpha value is -4.21. The van der Waals surface area contributed by atoms with Crippen LogP contribution in [0.15, 0.2) is 52.9 Å². The molecule has 0 saturated carbocycles. The van der Waals surface area contributed by atoms with Crippen molar-refractivity contribution in [2.24, 2.45) is 0 Å². The van der Waals surface area contributed by atoms with Crippen LogP contribution in [0, 0.1) is 5.82 Å². The van der Waals surface area contributed by atoms with E-state index in [1.54, 1.807) is 23.1 Å². The van der Waals surface area contributed by atoms with E-state index in [1.807, 2.05) is 18.2 Å². The topological polar surface area (TPSA) is 106 Å². The van der Waals surface area contributed by atoms with Crippen molar-refractivity contribution in [2.45, 2.75) is 18.8 Å². The second kappa shape index (κ2) is 8.29. The van der Waals surface area contributed by atoms with E-state index in [4.69, 9.17) is 13.9 Å². The molecule has 4 aromatic rings. The van der Waals surface area contributed by atoms with E-state index in [2.05, 4.69) is 20.4 Å². The van der Waals surface area contributed by atoms with Gasteiger partial charge in [0.15, 0.2) is 11.5 Å². The first-order chi connectivity index (χ1) is 16.6. The van der Waals surface area contributed by atoms with Crippen LogP contribution in [0.25, 0.3) is 22.7 Å². The lowest BCUT2D eigenvalue weighted by Crippen LogP contribution is -2.38. The first kappa shape index (κ1) is 20.4. The van der Waals surface area contributed by atoms with Gasteiger partial charge in [0.25, 0.3) is 5.91 Å². The van der Waals surface area contributed by atoms with Crippen LogP contribution in [0.3, 0.4) is 0 Å². The van der Waals surface area contributed by atoms with E-state index in [0.29, 0.717) is 66.2 Å². The van der Waals surface area contributed by atoms with Gasteiger partial charge < -0.3 is 18.8 Å². The molecule has 34 heavy (non-hydrogen) atoms. The van der Waals surface area contributed by atoms with Gasteiger partial charge in [-0.1, -0.05) is 0 Å². The normalized spacial score (nSPS) is 15.6. The van der Waals surface area contributed by atoms with E-state index in [9.17, 15) is 9.18 Å². The highest BCUT2D eigenvalue weighted by Crippen LogP contribution is 2.36. The summed E-state index contributed by atoms with van der Waals surface area (Å²) in [7, 11) is 0. The highest BCUT2D eigenvalue weighted by Gasteiger charge is 2.29. The maximum Gasteiger partial charge on any atom is 0.271 e. The van der Waals surface area contributed by atoms with Crippen LogP contribution in [0.2, 0.25) is 0 Å². The molecular weight excluding hydrogens is 441 g/mol. The number of H-pyrrole nitrogens is 1. The molecule has 1 N–H and O–H groups in total. The van der Waals surface area contributed by atoms with Gasteiger partial charge in [0.2, 0.25) is 18.6 Å². The third-order valence-electron chi connectivity index (χ3n) is 6.14. The Kier molecular flexibility index (Phi) is 4.97. The Labute approximate surface area is 193 Å². The van der Waals surface area contributed by atoms with Crippen molar-refractivity contribution in [3.8, 4) is 34.2 Å². The third kappa shape index (κ3) is 3.76. The lowest BCUT2D eigenvalue weighted by molar-refractivity contribution is 0.0700. The van der Waals surface area contributed by atoms with Crippen LogP contribution in [0.5, 0.6) is 11.5 Å². The minimum absolute atomic E-state index is 0.0664. The molecule has 10 heteroatoms. The third-order valence-corrected chi connectivity index (χ3v) is 6.14. The number of nitrogens with zero attached hydrogens (tertiary/aromatic N) is 4. The smallest absolute Gasteiger partial charge is 0.271 e. The quantitative estimate of drug-likeness (QED) is 0.489. The Morgan fingerprint density at radius 3 is 2.56 bits per heavy atom. The van der Waals surface area contributed by atoms with E-state index < -0.39 is 0 Å². The second-order valence-electron chi connectivity index (χ2n) is 8.25. The Bertz CT molecular complexity index is 1340. The number of carbonyl (C=O) groups is 1. The van der Waals surface area contributed by atoms with Gasteiger partial charge >= 0.3 is 0 Å². The van der Waals surface area contributed by atoms with Crippen molar-refractivity contribution in [3.05, 3.63) is 65.9 Å². The number of rotatable bonds is 4. The number of benzene rings is 2. The van der Waals surface area contributed by atoms with Crippen LogP contribution in [-0.4, -0.2) is 51.1 Å². The predicted molar refractivity (Wildman–Crippen MR) is 118 cm³/mol. The van der Waals surface area contributed by atoms with Crippen molar-refractivity contribution in [1.82, 2.24) is 25.3 Å². The van der Waals surface area contributed by atoms with Gasteiger partial charge in [-0.05, 0) is 61.4 Å². The monoisotopic (exact) mass is 461 g/mol. The summed E-state index contributed by atoms with van der Waals surface area (Å²) in [6.45, 7) is 1.34. The molecule has 2 aromatic carbocycles. The fraction of sp³-hybridized carbons (Fsp3) is 0.250. The first-order valence-corrected chi connectivity index (χ1v) is 11.0. The Morgan fingerprint density at radius 2 is 1.74 bits per heavy atom. The molecule has 0 unspecified atom stereocenters. The number of aromatic nitrogens is 4. The molecule has 2 aromatic heterocycles. The lowest BCUT2D eigenvalue weighted by Gasteiger charge is -2.30. The van der Waals surface area contributed by atoms with Gasteiger partial charge in [-0.25, -0.2) is 4.39 Å². The Balaban J connectivity index is 1.10. The number of carbonyl (C=O) groups excluding carboxylic acids is 1. The molecule has 4 heterocycles. The number of likely N-dealkylation sites (tertiary alicyclic amines) is 1. The lowest BCUT2D eigenvalue weighted by atomic mass is 9.96. The van der Waals surface area contributed by atoms with Gasteiger partial charge in [0.1, 0.15) is 11.5 Å². The number of amides is 1. The number of fused-ring (bicyclic) bond motifs is 1. The largest absolute Gasteiger partial charge is 0.454 e. The summed E-state index contributed by atoms with van der Waals surface area (Å²) in [6.07, 6.45) is 1.42. The van der Waals surface area contributed by atoms with Crippen LogP contribution in [0.4, 0.5) is 4.39 Å². The molecule has 0 aliphatic carbocycles. The minimum Gasteiger partial charge on any atom is -0.454 e. The van der Waals surface area contributed by atoms with Crippen molar-refractivity contribution in [3.63, 3.8) is 0 Å². The van der Waals surface area contributed by atoms with E-state index in [-0.39, 0.29) is 24.4 Å². The fourth-order valence-electron chi connectivity index (χ4n) is 4.24. The highest BCUT2D eigenvalue weighted by molar-refractivity contribution is 5.93. The molecule has 0 spiro atoms. The summed E-state index contributed by atoms with van der Waals surface area (Å²) in [5, 5.41) is 15.4. The Morgan fingerprint density at radius 1 is 0.971 bits per heavy atom. The number of piperidine rings is 1. The zero-order valence-electron chi connectivity index (χ0n) is 18.0. The minimum atomic E-state index is -0.319. The average Bonchev–Trinajstić information content (AvgIpc) is 3.64. The van der Waals surface area contributed by atoms with Gasteiger partial charge in [0.05, 0.1) is 5.69 Å². The number of halogens is 1. The SMILES string of the molecule is O=C(c1cc(-c2ccc3c(c2)OCO3)n[nH]1)N1CCC(c2nnc(-c3ccc(F)cc3)o2)CC1. The van der Waals surface area contributed by atoms with E-state index in [1.165, 1.54) is 12.1 Å². The van der Waals surface area contributed by atoms with Crippen LogP contribution in [-0.2, 0) is 0 Å². The van der Waals surface area contributed by atoms with Gasteiger partial charge in [0, 0.05) is 30.1 Å². The van der Waals surface area contributed by atoms with Crippen molar-refractivity contribution < 1.29 is 23.1 Å². The first-order valence-electron chi connectivity index (χ1n) is 11.0. The van der Waals surface area contributed by atoms with Crippen LogP contribution < -0.4 is 9.47 Å². The molecule has 2 aliphatic heterocycles. The highest BCUT2D eigenvalue weighted by atomic mass is 19.1. The summed E-state index contributed by atoms with van der Waals surface area (Å²) < 4.78 is 29.7.